The van der Waals surface area contributed by atoms with Crippen LogP contribution < -0.4 is 5.32 Å². The summed E-state index contributed by atoms with van der Waals surface area (Å²) in [5, 5.41) is 3.77. The maximum absolute atomic E-state index is 12.5. The molecule has 1 saturated heterocycles. The van der Waals surface area contributed by atoms with Crippen LogP contribution in [0.25, 0.3) is 10.2 Å². The Balaban J connectivity index is 1.60. The first-order valence-corrected chi connectivity index (χ1v) is 9.27. The van der Waals surface area contributed by atoms with Gasteiger partial charge in [0.1, 0.15) is 16.7 Å². The number of hydrogen-bond acceptors (Lipinski definition) is 5. The van der Waals surface area contributed by atoms with E-state index in [1.54, 1.807) is 11.3 Å². The fourth-order valence-electron chi connectivity index (χ4n) is 2.85. The molecule has 1 N–H and O–H groups in total. The van der Waals surface area contributed by atoms with Gasteiger partial charge in [0, 0.05) is 6.54 Å². The molecule has 0 saturated carbocycles. The molecule has 134 valence electrons. The van der Waals surface area contributed by atoms with Crippen LogP contribution in [0.2, 0.25) is 0 Å². The highest BCUT2D eigenvalue weighted by atomic mass is 32.1. The van der Waals surface area contributed by atoms with Gasteiger partial charge in [0.15, 0.2) is 0 Å². The number of ether oxygens (including phenoxy) is 1. The Morgan fingerprint density at radius 1 is 1.36 bits per heavy atom. The van der Waals surface area contributed by atoms with Gasteiger partial charge in [-0.05, 0) is 45.7 Å². The van der Waals surface area contributed by atoms with Gasteiger partial charge in [-0.25, -0.2) is 9.78 Å². The second-order valence-electron chi connectivity index (χ2n) is 7.12. The number of carbonyl (C=O) groups is 2. The summed E-state index contributed by atoms with van der Waals surface area (Å²) in [6, 6.07) is 7.42. The van der Waals surface area contributed by atoms with E-state index in [2.05, 4.69) is 10.3 Å². The number of nitrogens with zero attached hydrogens (tertiary/aromatic N) is 2. The zero-order valence-corrected chi connectivity index (χ0v) is 15.6. The molecule has 7 heteroatoms. The van der Waals surface area contributed by atoms with E-state index in [0.717, 1.165) is 21.6 Å². The van der Waals surface area contributed by atoms with Gasteiger partial charge in [-0.3, -0.25) is 9.69 Å². The zero-order valence-electron chi connectivity index (χ0n) is 14.7. The number of para-hydroxylation sites is 1. The Morgan fingerprint density at radius 2 is 2.12 bits per heavy atom. The molecule has 2 aromatic rings. The summed E-state index contributed by atoms with van der Waals surface area (Å²) < 4.78 is 6.50. The predicted molar refractivity (Wildman–Crippen MR) is 97.4 cm³/mol. The van der Waals surface area contributed by atoms with E-state index >= 15 is 0 Å². The van der Waals surface area contributed by atoms with Gasteiger partial charge in [-0.1, -0.05) is 12.1 Å². The van der Waals surface area contributed by atoms with Crippen molar-refractivity contribution >= 4 is 33.6 Å². The normalized spacial score (nSPS) is 17.7. The number of likely N-dealkylation sites (tertiary alicyclic amines) is 1. The molecular weight excluding hydrogens is 338 g/mol. The molecule has 3 rings (SSSR count). The molecule has 1 fully saturated rings. The van der Waals surface area contributed by atoms with E-state index in [-0.39, 0.29) is 5.91 Å². The summed E-state index contributed by atoms with van der Waals surface area (Å²) in [6.07, 6.45) is 1.04. The molecule has 0 unspecified atom stereocenters. The quantitative estimate of drug-likeness (QED) is 0.910. The first-order chi connectivity index (χ1) is 11.8. The lowest BCUT2D eigenvalue weighted by Gasteiger charge is -2.27. The molecule has 2 amide bonds. The fraction of sp³-hybridized carbons (Fsp3) is 0.500. The molecular formula is C18H23N3O3S. The number of thiazole rings is 1. The summed E-state index contributed by atoms with van der Waals surface area (Å²) in [7, 11) is 0. The highest BCUT2D eigenvalue weighted by Gasteiger charge is 2.36. The second-order valence-corrected chi connectivity index (χ2v) is 8.24. The maximum atomic E-state index is 12.5. The summed E-state index contributed by atoms with van der Waals surface area (Å²) in [4.78, 5) is 30.9. The Kier molecular flexibility index (Phi) is 4.94. The van der Waals surface area contributed by atoms with Crippen LogP contribution in [0.3, 0.4) is 0 Å². The lowest BCUT2D eigenvalue weighted by atomic mass is 10.2. The first-order valence-electron chi connectivity index (χ1n) is 8.45. The van der Waals surface area contributed by atoms with Gasteiger partial charge in [0.05, 0.1) is 16.8 Å². The number of amides is 2. The summed E-state index contributed by atoms with van der Waals surface area (Å²) in [5.74, 6) is -0.150. The molecule has 0 radical (unpaired) electrons. The molecule has 25 heavy (non-hydrogen) atoms. The standard InChI is InChI=1S/C18H23N3O3S/c1-18(2,3)24-17(23)21-10-6-8-13(21)16(22)19-11-15-20-12-7-4-5-9-14(12)25-15/h4-5,7,9,13H,6,8,10-11H2,1-3H3,(H,19,22)/t13-/m0/s1. The lowest BCUT2D eigenvalue weighted by Crippen LogP contribution is -2.47. The van der Waals surface area contributed by atoms with Crippen molar-refractivity contribution in [2.24, 2.45) is 0 Å². The van der Waals surface area contributed by atoms with Crippen LogP contribution in [0.4, 0.5) is 4.79 Å². The van der Waals surface area contributed by atoms with Gasteiger partial charge in [-0.2, -0.15) is 0 Å². The highest BCUT2D eigenvalue weighted by molar-refractivity contribution is 7.18. The van der Waals surface area contributed by atoms with Crippen molar-refractivity contribution in [3.63, 3.8) is 0 Å². The summed E-state index contributed by atoms with van der Waals surface area (Å²) in [5.41, 5.74) is 0.370. The van der Waals surface area contributed by atoms with Crippen molar-refractivity contribution in [1.82, 2.24) is 15.2 Å². The molecule has 0 bridgehead atoms. The Hall–Kier alpha value is -2.15. The van der Waals surface area contributed by atoms with Crippen molar-refractivity contribution in [2.45, 2.75) is 51.8 Å². The van der Waals surface area contributed by atoms with Crippen molar-refractivity contribution in [1.29, 1.82) is 0 Å². The molecule has 0 spiro atoms. The summed E-state index contributed by atoms with van der Waals surface area (Å²) >= 11 is 1.57. The smallest absolute Gasteiger partial charge is 0.410 e. The van der Waals surface area contributed by atoms with Crippen molar-refractivity contribution in [2.75, 3.05) is 6.54 Å². The van der Waals surface area contributed by atoms with Crippen LogP contribution in [0.15, 0.2) is 24.3 Å². The molecule has 1 aliphatic heterocycles. The zero-order chi connectivity index (χ0) is 18.0. The number of aromatic nitrogens is 1. The van der Waals surface area contributed by atoms with Crippen LogP contribution in [0.1, 0.15) is 38.6 Å². The molecule has 1 aromatic carbocycles. The van der Waals surface area contributed by atoms with E-state index in [4.69, 9.17) is 4.74 Å². The number of nitrogens with one attached hydrogen (secondary N) is 1. The van der Waals surface area contributed by atoms with Gasteiger partial charge < -0.3 is 10.1 Å². The molecule has 1 aliphatic rings. The summed E-state index contributed by atoms with van der Waals surface area (Å²) in [6.45, 7) is 6.39. The number of fused-ring (bicyclic) bond motifs is 1. The Bertz CT molecular complexity index is 748. The van der Waals surface area contributed by atoms with Crippen LogP contribution in [0, 0.1) is 0 Å². The van der Waals surface area contributed by atoms with Crippen LogP contribution in [0.5, 0.6) is 0 Å². The SMILES string of the molecule is CC(C)(C)OC(=O)N1CCC[C@H]1C(=O)NCc1nc2ccccc2s1. The largest absolute Gasteiger partial charge is 0.444 e. The number of hydrogen-bond donors (Lipinski definition) is 1. The van der Waals surface area contributed by atoms with Gasteiger partial charge in [0.25, 0.3) is 0 Å². The maximum Gasteiger partial charge on any atom is 0.410 e. The van der Waals surface area contributed by atoms with E-state index in [0.29, 0.717) is 19.5 Å². The van der Waals surface area contributed by atoms with Gasteiger partial charge in [-0.15, -0.1) is 11.3 Å². The fourth-order valence-corrected chi connectivity index (χ4v) is 3.76. The topological polar surface area (TPSA) is 71.5 Å². The van der Waals surface area contributed by atoms with Crippen molar-refractivity contribution in [3.8, 4) is 0 Å². The van der Waals surface area contributed by atoms with E-state index in [1.807, 2.05) is 45.0 Å². The van der Waals surface area contributed by atoms with Gasteiger partial charge in [0.2, 0.25) is 5.91 Å². The molecule has 2 heterocycles. The Morgan fingerprint density at radius 3 is 2.84 bits per heavy atom. The third kappa shape index (κ3) is 4.28. The molecule has 6 nitrogen and oxygen atoms in total. The Labute approximate surface area is 151 Å². The van der Waals surface area contributed by atoms with Crippen LogP contribution >= 0.6 is 11.3 Å². The monoisotopic (exact) mass is 361 g/mol. The van der Waals surface area contributed by atoms with Gasteiger partial charge >= 0.3 is 6.09 Å². The minimum absolute atomic E-state index is 0.150. The van der Waals surface area contributed by atoms with Crippen molar-refractivity contribution in [3.05, 3.63) is 29.3 Å². The van der Waals surface area contributed by atoms with Crippen LogP contribution in [-0.2, 0) is 16.1 Å². The van der Waals surface area contributed by atoms with E-state index in [9.17, 15) is 9.59 Å². The minimum atomic E-state index is -0.568. The van der Waals surface area contributed by atoms with Crippen molar-refractivity contribution < 1.29 is 14.3 Å². The third-order valence-corrected chi connectivity index (χ3v) is 4.97. The minimum Gasteiger partial charge on any atom is -0.444 e. The average molecular weight is 361 g/mol. The predicted octanol–water partition coefficient (Wildman–Crippen LogP) is 3.31. The number of rotatable bonds is 3. The average Bonchev–Trinajstić information content (AvgIpc) is 3.17. The first kappa shape index (κ1) is 17.7. The number of carbonyl (C=O) groups excluding carboxylic acids is 2. The third-order valence-electron chi connectivity index (χ3n) is 3.94. The highest BCUT2D eigenvalue weighted by Crippen LogP contribution is 2.23. The molecule has 1 atom stereocenters. The molecule has 1 aromatic heterocycles. The van der Waals surface area contributed by atoms with E-state index in [1.165, 1.54) is 4.90 Å². The van der Waals surface area contributed by atoms with Crippen LogP contribution in [-0.4, -0.2) is 40.1 Å². The number of benzene rings is 1. The molecule has 0 aliphatic carbocycles. The van der Waals surface area contributed by atoms with E-state index < -0.39 is 17.7 Å². The second kappa shape index (κ2) is 7.00. The lowest BCUT2D eigenvalue weighted by molar-refractivity contribution is -0.125.